The van der Waals surface area contributed by atoms with Crippen LogP contribution in [0, 0.1) is 0 Å². The van der Waals surface area contributed by atoms with Crippen LogP contribution < -0.4 is 15.4 Å². The number of amides is 1. The first-order valence-electron chi connectivity index (χ1n) is 9.61. The Bertz CT molecular complexity index is 973. The number of rotatable bonds is 4. The van der Waals surface area contributed by atoms with Crippen molar-refractivity contribution in [3.8, 4) is 5.75 Å². The van der Waals surface area contributed by atoms with Gasteiger partial charge in [0.2, 0.25) is 0 Å². The summed E-state index contributed by atoms with van der Waals surface area (Å²) in [5.41, 5.74) is -4.58. The highest BCUT2D eigenvalue weighted by Crippen LogP contribution is 2.50. The van der Waals surface area contributed by atoms with Crippen LogP contribution in [0.15, 0.2) is 36.4 Å². The summed E-state index contributed by atoms with van der Waals surface area (Å²) in [6.45, 7) is 0.788. The van der Waals surface area contributed by atoms with Gasteiger partial charge in [-0.2, -0.15) is 26.3 Å². The van der Waals surface area contributed by atoms with Gasteiger partial charge in [-0.15, -0.1) is 0 Å². The van der Waals surface area contributed by atoms with Crippen molar-refractivity contribution in [2.75, 3.05) is 24.3 Å². The highest BCUT2D eigenvalue weighted by molar-refractivity contribution is 6.05. The fraction of sp³-hybridized carbons (Fsp3) is 0.381. The maximum Gasteiger partial charge on any atom is 0.430 e. The molecule has 1 aliphatic rings. The lowest BCUT2D eigenvalue weighted by Crippen LogP contribution is -2.53. The molecular formula is C21H20F6N2O3. The number of aliphatic hydroxyl groups is 1. The van der Waals surface area contributed by atoms with Crippen molar-refractivity contribution in [3.63, 3.8) is 0 Å². The van der Waals surface area contributed by atoms with E-state index in [9.17, 15) is 36.2 Å². The third-order valence-electron chi connectivity index (χ3n) is 5.25. The minimum Gasteiger partial charge on any atom is -0.494 e. The van der Waals surface area contributed by atoms with Crippen LogP contribution in [0.2, 0.25) is 0 Å². The van der Waals surface area contributed by atoms with Crippen LogP contribution in [0.1, 0.15) is 34.3 Å². The Hall–Kier alpha value is -2.95. The number of ether oxygens (including phenoxy) is 1. The van der Waals surface area contributed by atoms with E-state index in [1.54, 1.807) is 12.1 Å². The van der Waals surface area contributed by atoms with Gasteiger partial charge in [0.05, 0.1) is 12.8 Å². The van der Waals surface area contributed by atoms with Gasteiger partial charge in [0.25, 0.3) is 11.5 Å². The molecule has 0 saturated carbocycles. The zero-order valence-corrected chi connectivity index (χ0v) is 16.8. The monoisotopic (exact) mass is 462 g/mol. The molecule has 3 rings (SSSR count). The van der Waals surface area contributed by atoms with Crippen molar-refractivity contribution in [2.24, 2.45) is 0 Å². The van der Waals surface area contributed by atoms with Crippen molar-refractivity contribution in [1.29, 1.82) is 0 Å². The number of fused-ring (bicyclic) bond motifs is 1. The van der Waals surface area contributed by atoms with Gasteiger partial charge >= 0.3 is 12.4 Å². The van der Waals surface area contributed by atoms with Crippen molar-refractivity contribution >= 4 is 17.3 Å². The maximum absolute atomic E-state index is 13.0. The molecule has 3 N–H and O–H groups in total. The minimum atomic E-state index is -6.00. The molecule has 32 heavy (non-hydrogen) atoms. The lowest BCUT2D eigenvalue weighted by molar-refractivity contribution is -0.376. The van der Waals surface area contributed by atoms with Gasteiger partial charge in [-0.05, 0) is 43.0 Å². The van der Waals surface area contributed by atoms with Crippen molar-refractivity contribution in [3.05, 3.63) is 53.1 Å². The van der Waals surface area contributed by atoms with Crippen LogP contribution in [-0.4, -0.2) is 37.0 Å². The van der Waals surface area contributed by atoms with Gasteiger partial charge in [-0.3, -0.25) is 4.79 Å². The highest BCUT2D eigenvalue weighted by Gasteiger charge is 2.71. The first-order valence-corrected chi connectivity index (χ1v) is 9.61. The summed E-state index contributed by atoms with van der Waals surface area (Å²) in [6.07, 6.45) is -9.34. The van der Waals surface area contributed by atoms with Gasteiger partial charge in [-0.25, -0.2) is 0 Å². The fourth-order valence-corrected chi connectivity index (χ4v) is 3.47. The molecule has 0 saturated heterocycles. The van der Waals surface area contributed by atoms with E-state index < -0.39 is 29.4 Å². The molecule has 5 nitrogen and oxygen atoms in total. The normalized spacial score (nSPS) is 14.8. The molecule has 1 amide bonds. The predicted octanol–water partition coefficient (Wildman–Crippen LogP) is 5.01. The van der Waals surface area contributed by atoms with E-state index >= 15 is 0 Å². The van der Waals surface area contributed by atoms with E-state index in [2.05, 4.69) is 10.6 Å². The van der Waals surface area contributed by atoms with Crippen LogP contribution in [0.3, 0.4) is 0 Å². The molecule has 0 aliphatic carbocycles. The molecule has 0 bridgehead atoms. The summed E-state index contributed by atoms with van der Waals surface area (Å²) >= 11 is 0. The number of carbonyl (C=O) groups is 1. The fourth-order valence-electron chi connectivity index (χ4n) is 3.47. The Morgan fingerprint density at radius 2 is 1.66 bits per heavy atom. The van der Waals surface area contributed by atoms with Gasteiger partial charge < -0.3 is 20.5 Å². The molecule has 174 valence electrons. The van der Waals surface area contributed by atoms with Crippen molar-refractivity contribution < 1.29 is 41.0 Å². The quantitative estimate of drug-likeness (QED) is 0.559. The van der Waals surface area contributed by atoms with Gasteiger partial charge in [0.1, 0.15) is 5.75 Å². The second-order valence-electron chi connectivity index (χ2n) is 7.33. The zero-order valence-electron chi connectivity index (χ0n) is 16.8. The van der Waals surface area contributed by atoms with E-state index in [4.69, 9.17) is 4.74 Å². The SMILES string of the molecule is COc1cc2c(cc1NC(=O)c1ccc(C(O)(C(F)(F)F)C(F)(F)F)cc1)CCCCN2. The number of nitrogens with one attached hydrogen (secondary N) is 2. The van der Waals surface area contributed by atoms with E-state index in [-0.39, 0.29) is 5.56 Å². The number of alkyl halides is 6. The third-order valence-corrected chi connectivity index (χ3v) is 5.25. The second-order valence-corrected chi connectivity index (χ2v) is 7.33. The summed E-state index contributed by atoms with van der Waals surface area (Å²) in [5.74, 6) is -0.425. The number of carbonyl (C=O) groups excluding carboxylic acids is 1. The Labute approximate surface area is 179 Å². The minimum absolute atomic E-state index is 0.199. The zero-order chi connectivity index (χ0) is 23.7. The molecule has 0 spiro atoms. The molecular weight excluding hydrogens is 442 g/mol. The number of benzene rings is 2. The lowest BCUT2D eigenvalue weighted by Gasteiger charge is -2.32. The number of hydrogen-bond donors (Lipinski definition) is 3. The smallest absolute Gasteiger partial charge is 0.430 e. The van der Waals surface area contributed by atoms with Gasteiger partial charge in [0.15, 0.2) is 0 Å². The first-order chi connectivity index (χ1) is 14.9. The topological polar surface area (TPSA) is 70.6 Å². The van der Waals surface area contributed by atoms with Gasteiger partial charge in [-0.1, -0.05) is 12.1 Å². The number of hydrogen-bond acceptors (Lipinski definition) is 4. The molecule has 11 heteroatoms. The van der Waals surface area contributed by atoms with Gasteiger partial charge in [0, 0.05) is 29.4 Å². The van der Waals surface area contributed by atoms with E-state index in [0.29, 0.717) is 23.6 Å². The summed E-state index contributed by atoms with van der Waals surface area (Å²) in [5, 5.41) is 15.3. The number of anilines is 2. The molecule has 1 aliphatic heterocycles. The first kappa shape index (κ1) is 23.7. The predicted molar refractivity (Wildman–Crippen MR) is 105 cm³/mol. The third kappa shape index (κ3) is 4.34. The van der Waals surface area contributed by atoms with Crippen LogP contribution in [0.4, 0.5) is 37.7 Å². The molecule has 0 fully saturated rings. The van der Waals surface area contributed by atoms with E-state index in [0.717, 1.165) is 49.2 Å². The van der Waals surface area contributed by atoms with E-state index in [1.807, 2.05) is 0 Å². The Morgan fingerprint density at radius 3 is 2.22 bits per heavy atom. The standard InChI is InChI=1S/C21H20F6N2O3/c1-32-17-11-15-13(4-2-3-9-28-15)10-16(17)29-18(30)12-5-7-14(8-6-12)19(31,20(22,23)24)21(25,26)27/h5-8,10-11,28,31H,2-4,9H2,1H3,(H,29,30). The molecule has 0 unspecified atom stereocenters. The number of methoxy groups -OCH3 is 1. The molecule has 0 atom stereocenters. The van der Waals surface area contributed by atoms with Crippen LogP contribution in [0.5, 0.6) is 5.75 Å². The Balaban J connectivity index is 1.88. The van der Waals surface area contributed by atoms with Crippen molar-refractivity contribution in [1.82, 2.24) is 0 Å². The molecule has 0 radical (unpaired) electrons. The summed E-state index contributed by atoms with van der Waals surface area (Å²) in [4.78, 5) is 12.6. The molecule has 2 aromatic rings. The van der Waals surface area contributed by atoms with Crippen LogP contribution in [0.25, 0.3) is 0 Å². The van der Waals surface area contributed by atoms with Crippen LogP contribution >= 0.6 is 0 Å². The number of halogens is 6. The average molecular weight is 462 g/mol. The average Bonchev–Trinajstić information content (AvgIpc) is 2.95. The second kappa shape index (κ2) is 8.53. The Morgan fingerprint density at radius 1 is 1.03 bits per heavy atom. The number of aryl methyl sites for hydroxylation is 1. The summed E-state index contributed by atoms with van der Waals surface area (Å²) in [6, 6.07) is 5.84. The summed E-state index contributed by atoms with van der Waals surface area (Å²) in [7, 11) is 1.40. The summed E-state index contributed by atoms with van der Waals surface area (Å²) < 4.78 is 83.4. The molecule has 1 heterocycles. The molecule has 2 aromatic carbocycles. The highest BCUT2D eigenvalue weighted by atomic mass is 19.4. The molecule has 0 aromatic heterocycles. The van der Waals surface area contributed by atoms with Crippen LogP contribution in [-0.2, 0) is 12.0 Å². The largest absolute Gasteiger partial charge is 0.494 e. The Kier molecular flexibility index (Phi) is 6.32. The van der Waals surface area contributed by atoms with E-state index in [1.165, 1.54) is 7.11 Å². The lowest BCUT2D eigenvalue weighted by atomic mass is 9.91. The maximum atomic E-state index is 13.0. The van der Waals surface area contributed by atoms with Crippen molar-refractivity contribution in [2.45, 2.75) is 37.2 Å².